The highest BCUT2D eigenvalue weighted by atomic mass is 19.4. The number of furan rings is 1. The summed E-state index contributed by atoms with van der Waals surface area (Å²) in [5.41, 5.74) is 5.34. The molecule has 1 aromatic carbocycles. The highest BCUT2D eigenvalue weighted by Crippen LogP contribution is 2.38. The molecule has 2 aromatic rings. The molecule has 0 saturated carbocycles. The van der Waals surface area contributed by atoms with Crippen LogP contribution in [0.25, 0.3) is 0 Å². The number of para-hydroxylation sites is 1. The fourth-order valence-electron chi connectivity index (χ4n) is 1.86. The lowest BCUT2D eigenvalue weighted by molar-refractivity contribution is -0.159. The Morgan fingerprint density at radius 3 is 2.23 bits per heavy atom. The summed E-state index contributed by atoms with van der Waals surface area (Å²) in [6.07, 6.45) is -1.75. The van der Waals surface area contributed by atoms with E-state index in [0.717, 1.165) is 6.07 Å². The first-order valence-corrected chi connectivity index (χ1v) is 7.18. The van der Waals surface area contributed by atoms with Gasteiger partial charge in [0.25, 0.3) is 0 Å². The molecule has 1 atom stereocenters. The van der Waals surface area contributed by atoms with Crippen molar-refractivity contribution in [2.24, 2.45) is 5.73 Å². The number of carboxylic acid groups (broad SMARTS) is 2. The summed E-state index contributed by atoms with van der Waals surface area (Å²) in [5, 5.41) is 14.8. The van der Waals surface area contributed by atoms with E-state index in [1.165, 1.54) is 30.7 Å². The summed E-state index contributed by atoms with van der Waals surface area (Å²) in [6, 6.07) is 6.76. The second-order valence-corrected chi connectivity index (χ2v) is 4.84. The van der Waals surface area contributed by atoms with E-state index in [0.29, 0.717) is 18.5 Å². The second-order valence-electron chi connectivity index (χ2n) is 4.84. The molecule has 7 nitrogen and oxygen atoms in total. The number of ether oxygens (including phenoxy) is 1. The van der Waals surface area contributed by atoms with Crippen molar-refractivity contribution in [3.63, 3.8) is 0 Å². The first-order chi connectivity index (χ1) is 12.2. The van der Waals surface area contributed by atoms with E-state index < -0.39 is 29.8 Å². The monoisotopic (exact) mass is 375 g/mol. The Balaban J connectivity index is 0.000000487. The van der Waals surface area contributed by atoms with Crippen LogP contribution in [-0.2, 0) is 15.8 Å². The van der Waals surface area contributed by atoms with E-state index in [1.807, 2.05) is 0 Å². The van der Waals surface area contributed by atoms with Crippen LogP contribution in [0.1, 0.15) is 23.7 Å². The number of aliphatic carboxylic acids is 2. The van der Waals surface area contributed by atoms with Crippen LogP contribution in [0.4, 0.5) is 13.2 Å². The van der Waals surface area contributed by atoms with Crippen molar-refractivity contribution in [3.05, 3.63) is 54.0 Å². The van der Waals surface area contributed by atoms with Crippen LogP contribution in [0.3, 0.4) is 0 Å². The summed E-state index contributed by atoms with van der Waals surface area (Å²) >= 11 is 0. The minimum Gasteiger partial charge on any atom is -0.485 e. The van der Waals surface area contributed by atoms with Crippen molar-refractivity contribution in [2.75, 3.05) is 6.54 Å². The van der Waals surface area contributed by atoms with Gasteiger partial charge in [0.15, 0.2) is 0 Å². The summed E-state index contributed by atoms with van der Waals surface area (Å²) in [4.78, 5) is 18.2. The van der Waals surface area contributed by atoms with Crippen LogP contribution in [0.5, 0.6) is 5.75 Å². The zero-order valence-corrected chi connectivity index (χ0v) is 13.3. The van der Waals surface area contributed by atoms with Crippen molar-refractivity contribution in [3.8, 4) is 5.75 Å². The molecule has 0 fully saturated rings. The lowest BCUT2D eigenvalue weighted by atomic mass is 10.1. The van der Waals surface area contributed by atoms with Gasteiger partial charge in [-0.05, 0) is 24.7 Å². The molecule has 1 aromatic heterocycles. The van der Waals surface area contributed by atoms with E-state index in [9.17, 15) is 13.2 Å². The Hall–Kier alpha value is -3.01. The van der Waals surface area contributed by atoms with Gasteiger partial charge in [-0.1, -0.05) is 12.1 Å². The smallest absolute Gasteiger partial charge is 0.419 e. The second kappa shape index (κ2) is 9.47. The Kier molecular flexibility index (Phi) is 7.66. The summed E-state index contributed by atoms with van der Waals surface area (Å²) in [6.45, 7) is 0.296. The third-order valence-corrected chi connectivity index (χ3v) is 2.99. The zero-order valence-electron chi connectivity index (χ0n) is 13.3. The minimum atomic E-state index is -4.46. The molecule has 0 aliphatic rings. The van der Waals surface area contributed by atoms with Crippen LogP contribution in [0.2, 0.25) is 0 Å². The molecule has 142 valence electrons. The van der Waals surface area contributed by atoms with Crippen molar-refractivity contribution in [1.29, 1.82) is 0 Å². The number of carbonyl (C=O) groups is 2. The number of benzene rings is 1. The van der Waals surface area contributed by atoms with Gasteiger partial charge in [-0.3, -0.25) is 0 Å². The molecule has 1 heterocycles. The molecule has 0 aliphatic carbocycles. The van der Waals surface area contributed by atoms with Crippen LogP contribution in [0, 0.1) is 0 Å². The number of hydrogen-bond donors (Lipinski definition) is 3. The number of carboxylic acids is 2. The molecule has 10 heteroatoms. The molecule has 26 heavy (non-hydrogen) atoms. The molecule has 1 unspecified atom stereocenters. The maximum absolute atomic E-state index is 12.9. The first-order valence-electron chi connectivity index (χ1n) is 7.18. The van der Waals surface area contributed by atoms with Crippen molar-refractivity contribution < 1.29 is 42.1 Å². The normalized spacial score (nSPS) is 11.8. The SMILES string of the molecule is NCCC(Oc1ccccc1C(F)(F)F)c1ccoc1.O=C(O)C(=O)O. The molecule has 0 spiro atoms. The predicted octanol–water partition coefficient (Wildman–Crippen LogP) is 2.92. The van der Waals surface area contributed by atoms with Gasteiger partial charge < -0.3 is 25.1 Å². The summed E-state index contributed by atoms with van der Waals surface area (Å²) in [7, 11) is 0. The van der Waals surface area contributed by atoms with Crippen molar-refractivity contribution in [1.82, 2.24) is 0 Å². The van der Waals surface area contributed by atoms with Gasteiger partial charge in [-0.15, -0.1) is 0 Å². The van der Waals surface area contributed by atoms with Gasteiger partial charge in [-0.25, -0.2) is 9.59 Å². The fraction of sp³-hybridized carbons (Fsp3) is 0.250. The molecule has 4 N–H and O–H groups in total. The largest absolute Gasteiger partial charge is 0.485 e. The molecule has 2 rings (SSSR count). The molecule has 0 amide bonds. The lowest BCUT2D eigenvalue weighted by Gasteiger charge is -2.20. The number of rotatable bonds is 5. The van der Waals surface area contributed by atoms with Crippen LogP contribution in [0.15, 0.2) is 47.3 Å². The fourth-order valence-corrected chi connectivity index (χ4v) is 1.86. The minimum absolute atomic E-state index is 0.209. The van der Waals surface area contributed by atoms with Crippen LogP contribution in [-0.4, -0.2) is 28.7 Å². The molecule has 0 aliphatic heterocycles. The van der Waals surface area contributed by atoms with Crippen molar-refractivity contribution >= 4 is 11.9 Å². The van der Waals surface area contributed by atoms with E-state index in [4.69, 9.17) is 34.7 Å². The molecule has 0 radical (unpaired) electrons. The van der Waals surface area contributed by atoms with E-state index >= 15 is 0 Å². The maximum Gasteiger partial charge on any atom is 0.419 e. The Morgan fingerprint density at radius 2 is 1.77 bits per heavy atom. The van der Waals surface area contributed by atoms with Crippen LogP contribution >= 0.6 is 0 Å². The average molecular weight is 375 g/mol. The highest BCUT2D eigenvalue weighted by Gasteiger charge is 2.34. The van der Waals surface area contributed by atoms with Gasteiger partial charge in [0.1, 0.15) is 11.9 Å². The maximum atomic E-state index is 12.9. The number of hydrogen-bond acceptors (Lipinski definition) is 5. The standard InChI is InChI=1S/C14H14F3NO2.C2H2O4/c15-14(16,17)11-3-1-2-4-13(11)20-12(5-7-18)10-6-8-19-9-10;3-1(4)2(5)6/h1-4,6,8-9,12H,5,7,18H2;(H,3,4)(H,5,6). The average Bonchev–Trinajstić information content (AvgIpc) is 3.09. The predicted molar refractivity (Wildman–Crippen MR) is 82.5 cm³/mol. The van der Waals surface area contributed by atoms with Gasteiger partial charge in [0.2, 0.25) is 0 Å². The summed E-state index contributed by atoms with van der Waals surface area (Å²) < 4.78 is 49.1. The highest BCUT2D eigenvalue weighted by molar-refractivity contribution is 6.27. The zero-order chi connectivity index (χ0) is 19.7. The molecular weight excluding hydrogens is 359 g/mol. The number of nitrogens with two attached hydrogens (primary N) is 1. The first kappa shape index (κ1) is 21.0. The van der Waals surface area contributed by atoms with Gasteiger partial charge in [-0.2, -0.15) is 13.2 Å². The van der Waals surface area contributed by atoms with Gasteiger partial charge >= 0.3 is 18.1 Å². The third kappa shape index (κ3) is 6.48. The van der Waals surface area contributed by atoms with Crippen molar-refractivity contribution in [2.45, 2.75) is 18.7 Å². The van der Waals surface area contributed by atoms with Gasteiger partial charge in [0, 0.05) is 12.0 Å². The molecule has 0 bridgehead atoms. The lowest BCUT2D eigenvalue weighted by Crippen LogP contribution is -2.15. The van der Waals surface area contributed by atoms with E-state index in [1.54, 1.807) is 6.07 Å². The summed E-state index contributed by atoms with van der Waals surface area (Å²) in [5.74, 6) is -3.86. The quantitative estimate of drug-likeness (QED) is 0.687. The Morgan fingerprint density at radius 1 is 1.15 bits per heavy atom. The topological polar surface area (TPSA) is 123 Å². The number of halogens is 3. The molecule has 0 saturated heterocycles. The van der Waals surface area contributed by atoms with Gasteiger partial charge in [0.05, 0.1) is 18.1 Å². The number of alkyl halides is 3. The Bertz CT molecular complexity index is 703. The molecular formula is C16H16F3NO6. The Labute approximate surface area is 145 Å². The van der Waals surface area contributed by atoms with E-state index in [-0.39, 0.29) is 5.75 Å². The third-order valence-electron chi connectivity index (χ3n) is 2.99. The van der Waals surface area contributed by atoms with E-state index in [2.05, 4.69) is 0 Å². The van der Waals surface area contributed by atoms with Crippen LogP contribution < -0.4 is 10.5 Å².